The molecule has 6 heteroatoms. The fourth-order valence-electron chi connectivity index (χ4n) is 2.79. The van der Waals surface area contributed by atoms with E-state index in [1.165, 1.54) is 17.8 Å². The molecule has 148 valence electrons. The average molecular weight is 389 g/mol. The van der Waals surface area contributed by atoms with Crippen LogP contribution >= 0.6 is 0 Å². The molecule has 3 aromatic carbocycles. The summed E-state index contributed by atoms with van der Waals surface area (Å²) in [6.45, 7) is 6.37. The third-order valence-corrected chi connectivity index (χ3v) is 4.33. The lowest BCUT2D eigenvalue weighted by molar-refractivity contribution is 0.628. The highest BCUT2D eigenvalue weighted by Gasteiger charge is 2.02. The molecule has 0 aliphatic carbocycles. The first-order chi connectivity index (χ1) is 14.2. The Morgan fingerprint density at radius 3 is 1.38 bits per heavy atom. The lowest BCUT2D eigenvalue weighted by atomic mass is 10.2. The molecule has 0 radical (unpaired) electrons. The van der Waals surface area contributed by atoms with Gasteiger partial charge >= 0.3 is 0 Å². The van der Waals surface area contributed by atoms with E-state index in [-0.39, 0.29) is 5.82 Å². The minimum absolute atomic E-state index is 0.294. The fraction of sp³-hybridized carbons (Fsp3) is 0.217. The zero-order chi connectivity index (χ0) is 20.5. The zero-order valence-corrected chi connectivity index (χ0v) is 16.7. The van der Waals surface area contributed by atoms with Gasteiger partial charge in [0.25, 0.3) is 0 Å². The van der Waals surface area contributed by atoms with Crippen molar-refractivity contribution in [2.24, 2.45) is 20.5 Å². The van der Waals surface area contributed by atoms with E-state index in [1.54, 1.807) is 12.1 Å². The van der Waals surface area contributed by atoms with E-state index in [0.717, 1.165) is 30.9 Å². The van der Waals surface area contributed by atoms with Crippen LogP contribution in [0, 0.1) is 5.82 Å². The summed E-state index contributed by atoms with van der Waals surface area (Å²) in [7, 11) is 0. The molecule has 0 N–H and O–H groups in total. The molecule has 5 nitrogen and oxygen atoms in total. The van der Waals surface area contributed by atoms with Crippen LogP contribution in [-0.4, -0.2) is 13.1 Å². The summed E-state index contributed by atoms with van der Waals surface area (Å²) < 4.78 is 12.9. The molecule has 0 unspecified atom stereocenters. The van der Waals surface area contributed by atoms with Crippen LogP contribution in [-0.2, 0) is 0 Å². The second-order valence-electron chi connectivity index (χ2n) is 6.49. The molecule has 0 saturated heterocycles. The van der Waals surface area contributed by atoms with Crippen molar-refractivity contribution in [2.75, 3.05) is 18.0 Å². The molecule has 29 heavy (non-hydrogen) atoms. The van der Waals surface area contributed by atoms with Crippen molar-refractivity contribution in [3.63, 3.8) is 0 Å². The van der Waals surface area contributed by atoms with Gasteiger partial charge in [0.05, 0.1) is 22.7 Å². The molecular weight excluding hydrogens is 365 g/mol. The first kappa shape index (κ1) is 20.3. The Bertz CT molecular complexity index is 948. The van der Waals surface area contributed by atoms with Gasteiger partial charge in [0.2, 0.25) is 0 Å². The molecule has 3 rings (SSSR count). The molecule has 0 spiro atoms. The maximum absolute atomic E-state index is 12.9. The van der Waals surface area contributed by atoms with Gasteiger partial charge in [-0.1, -0.05) is 6.92 Å². The van der Waals surface area contributed by atoms with E-state index in [1.807, 2.05) is 36.4 Å². The van der Waals surface area contributed by atoms with Crippen LogP contribution in [0.5, 0.6) is 0 Å². The Morgan fingerprint density at radius 2 is 1.00 bits per heavy atom. The summed E-state index contributed by atoms with van der Waals surface area (Å²) in [6.07, 6.45) is 1.12. The Hall–Kier alpha value is -3.41. The van der Waals surface area contributed by atoms with Crippen LogP contribution in [0.2, 0.25) is 0 Å². The second kappa shape index (κ2) is 10.2. The standard InChI is InChI=1S/C23H24FN5/c1-3-17-29(4-2)23-15-13-22(14-16-23)28-27-21-11-9-20(10-12-21)26-25-19-7-5-18(24)6-8-19/h5-16H,3-4,17H2,1-2H3. The van der Waals surface area contributed by atoms with Crippen molar-refractivity contribution < 1.29 is 4.39 Å². The fourth-order valence-corrected chi connectivity index (χ4v) is 2.79. The summed E-state index contributed by atoms with van der Waals surface area (Å²) in [6, 6.07) is 21.3. The predicted molar refractivity (Wildman–Crippen MR) is 116 cm³/mol. The van der Waals surface area contributed by atoms with Gasteiger partial charge in [0.1, 0.15) is 5.82 Å². The predicted octanol–water partition coefficient (Wildman–Crippen LogP) is 7.89. The van der Waals surface area contributed by atoms with Gasteiger partial charge in [0, 0.05) is 18.8 Å². The van der Waals surface area contributed by atoms with Crippen LogP contribution < -0.4 is 4.90 Å². The van der Waals surface area contributed by atoms with E-state index >= 15 is 0 Å². The van der Waals surface area contributed by atoms with Crippen LogP contribution in [0.4, 0.5) is 32.8 Å². The highest BCUT2D eigenvalue weighted by molar-refractivity contribution is 5.53. The average Bonchev–Trinajstić information content (AvgIpc) is 2.77. The minimum atomic E-state index is -0.294. The summed E-state index contributed by atoms with van der Waals surface area (Å²) in [5, 5.41) is 16.8. The van der Waals surface area contributed by atoms with Gasteiger partial charge in [-0.2, -0.15) is 20.5 Å². The molecule has 0 atom stereocenters. The van der Waals surface area contributed by atoms with Crippen LogP contribution in [0.1, 0.15) is 20.3 Å². The first-order valence-corrected chi connectivity index (χ1v) is 9.72. The number of anilines is 1. The smallest absolute Gasteiger partial charge is 0.123 e. The maximum atomic E-state index is 12.9. The normalized spacial score (nSPS) is 11.4. The van der Waals surface area contributed by atoms with E-state index in [4.69, 9.17) is 0 Å². The van der Waals surface area contributed by atoms with Crippen molar-refractivity contribution in [3.8, 4) is 0 Å². The Balaban J connectivity index is 1.61. The van der Waals surface area contributed by atoms with Crippen molar-refractivity contribution in [1.29, 1.82) is 0 Å². The molecule has 0 aliphatic heterocycles. The number of rotatable bonds is 8. The minimum Gasteiger partial charge on any atom is -0.372 e. The lowest BCUT2D eigenvalue weighted by Crippen LogP contribution is -2.23. The molecule has 0 heterocycles. The van der Waals surface area contributed by atoms with E-state index in [2.05, 4.69) is 51.3 Å². The number of benzene rings is 3. The van der Waals surface area contributed by atoms with Crippen molar-refractivity contribution >= 4 is 28.4 Å². The Labute approximate surface area is 170 Å². The molecular formula is C23H24FN5. The number of hydrogen-bond donors (Lipinski definition) is 0. The van der Waals surface area contributed by atoms with Crippen molar-refractivity contribution in [2.45, 2.75) is 20.3 Å². The highest BCUT2D eigenvalue weighted by Crippen LogP contribution is 2.25. The van der Waals surface area contributed by atoms with Gasteiger partial charge < -0.3 is 4.90 Å². The number of azo groups is 2. The molecule has 0 aliphatic rings. The Morgan fingerprint density at radius 1 is 0.621 bits per heavy atom. The van der Waals surface area contributed by atoms with Gasteiger partial charge in [-0.15, -0.1) is 0 Å². The SMILES string of the molecule is CCCN(CC)c1ccc(N=Nc2ccc(N=Nc3ccc(F)cc3)cc2)cc1. The van der Waals surface area contributed by atoms with Crippen LogP contribution in [0.25, 0.3) is 0 Å². The number of hydrogen-bond acceptors (Lipinski definition) is 5. The number of nitrogens with zero attached hydrogens (tertiary/aromatic N) is 5. The van der Waals surface area contributed by atoms with Gasteiger partial charge in [-0.05, 0) is 86.1 Å². The van der Waals surface area contributed by atoms with Crippen LogP contribution in [0.3, 0.4) is 0 Å². The summed E-state index contributed by atoms with van der Waals surface area (Å²) >= 11 is 0. The van der Waals surface area contributed by atoms with Crippen LogP contribution in [0.15, 0.2) is 93.3 Å². The summed E-state index contributed by atoms with van der Waals surface area (Å²) in [4.78, 5) is 2.33. The van der Waals surface area contributed by atoms with Crippen molar-refractivity contribution in [1.82, 2.24) is 0 Å². The summed E-state index contributed by atoms with van der Waals surface area (Å²) in [5.41, 5.74) is 4.02. The largest absolute Gasteiger partial charge is 0.372 e. The molecule has 3 aromatic rings. The van der Waals surface area contributed by atoms with E-state index in [9.17, 15) is 4.39 Å². The van der Waals surface area contributed by atoms with E-state index < -0.39 is 0 Å². The molecule has 0 fully saturated rings. The highest BCUT2D eigenvalue weighted by atomic mass is 19.1. The molecule has 0 aromatic heterocycles. The maximum Gasteiger partial charge on any atom is 0.123 e. The van der Waals surface area contributed by atoms with E-state index in [0.29, 0.717) is 11.4 Å². The molecule has 0 amide bonds. The third-order valence-electron chi connectivity index (χ3n) is 4.33. The lowest BCUT2D eigenvalue weighted by Gasteiger charge is -2.22. The number of halogens is 1. The topological polar surface area (TPSA) is 52.7 Å². The van der Waals surface area contributed by atoms with Gasteiger partial charge in [-0.25, -0.2) is 4.39 Å². The molecule has 0 saturated carbocycles. The second-order valence-corrected chi connectivity index (χ2v) is 6.49. The zero-order valence-electron chi connectivity index (χ0n) is 16.7. The van der Waals surface area contributed by atoms with Gasteiger partial charge in [0.15, 0.2) is 0 Å². The monoisotopic (exact) mass is 389 g/mol. The first-order valence-electron chi connectivity index (χ1n) is 9.72. The van der Waals surface area contributed by atoms with Crippen molar-refractivity contribution in [3.05, 3.63) is 78.6 Å². The summed E-state index contributed by atoms with van der Waals surface area (Å²) in [5.74, 6) is -0.294. The third kappa shape index (κ3) is 6.04. The Kier molecular flexibility index (Phi) is 7.16. The quantitative estimate of drug-likeness (QED) is 0.361. The van der Waals surface area contributed by atoms with Gasteiger partial charge in [-0.3, -0.25) is 0 Å². The molecule has 0 bridgehead atoms.